The summed E-state index contributed by atoms with van der Waals surface area (Å²) >= 11 is 1.76. The number of guanidine groups is 1. The van der Waals surface area contributed by atoms with E-state index in [-0.39, 0.29) is 0 Å². The van der Waals surface area contributed by atoms with Crippen molar-refractivity contribution < 1.29 is 5.11 Å². The molecule has 1 atom stereocenters. The smallest absolute Gasteiger partial charge is 0.191 e. The van der Waals surface area contributed by atoms with E-state index in [1.807, 2.05) is 37.3 Å². The molecule has 1 aromatic heterocycles. The summed E-state index contributed by atoms with van der Waals surface area (Å²) in [6.07, 6.45) is 0.197. The minimum absolute atomic E-state index is 0.440. The monoisotopic (exact) mass is 331 g/mol. The molecule has 0 saturated carbocycles. The molecule has 5 heteroatoms. The summed E-state index contributed by atoms with van der Waals surface area (Å²) in [5.74, 6) is 0.741. The van der Waals surface area contributed by atoms with Gasteiger partial charge in [0.05, 0.1) is 12.6 Å². The fourth-order valence-electron chi connectivity index (χ4n) is 2.24. The van der Waals surface area contributed by atoms with Gasteiger partial charge in [-0.15, -0.1) is 11.3 Å². The molecule has 0 spiro atoms. The third kappa shape index (κ3) is 6.42. The molecule has 124 valence electrons. The molecule has 0 fully saturated rings. The van der Waals surface area contributed by atoms with Gasteiger partial charge < -0.3 is 15.7 Å². The fraction of sp³-hybridized carbons (Fsp3) is 0.389. The molecule has 0 bridgehead atoms. The Bertz CT molecular complexity index is 610. The second-order valence-electron chi connectivity index (χ2n) is 5.43. The summed E-state index contributed by atoms with van der Waals surface area (Å²) < 4.78 is 0. The van der Waals surface area contributed by atoms with Crippen molar-refractivity contribution in [3.05, 3.63) is 57.8 Å². The van der Waals surface area contributed by atoms with E-state index in [0.29, 0.717) is 19.5 Å². The molecule has 0 aliphatic heterocycles. The highest BCUT2D eigenvalue weighted by atomic mass is 32.1. The average Bonchev–Trinajstić information content (AvgIpc) is 2.96. The van der Waals surface area contributed by atoms with Gasteiger partial charge in [-0.3, -0.25) is 0 Å². The molecule has 4 nitrogen and oxygen atoms in total. The van der Waals surface area contributed by atoms with Crippen LogP contribution in [0.15, 0.2) is 47.5 Å². The molecular weight excluding hydrogens is 306 g/mol. The second-order valence-corrected chi connectivity index (χ2v) is 6.80. The van der Waals surface area contributed by atoms with E-state index >= 15 is 0 Å². The number of nitrogens with zero attached hydrogens (tertiary/aromatic N) is 1. The number of aliphatic hydroxyl groups is 1. The lowest BCUT2D eigenvalue weighted by atomic mass is 10.1. The first-order valence-corrected chi connectivity index (χ1v) is 8.78. The maximum Gasteiger partial charge on any atom is 0.191 e. The first kappa shape index (κ1) is 17.5. The molecule has 2 aromatic rings. The molecule has 0 amide bonds. The SMILES string of the molecule is CCNC(=NCc1ccc(C)s1)NCC(O)Cc1ccccc1. The van der Waals surface area contributed by atoms with Crippen LogP contribution in [0, 0.1) is 6.92 Å². The average molecular weight is 331 g/mol. The third-order valence-corrected chi connectivity index (χ3v) is 4.34. The number of aryl methyl sites for hydroxylation is 1. The molecular formula is C18H25N3OS. The lowest BCUT2D eigenvalue weighted by Gasteiger charge is -2.15. The Morgan fingerprint density at radius 2 is 1.96 bits per heavy atom. The Balaban J connectivity index is 1.83. The number of thiophene rings is 1. The largest absolute Gasteiger partial charge is 0.391 e. The van der Waals surface area contributed by atoms with Crippen molar-refractivity contribution in [1.29, 1.82) is 0 Å². The fourth-order valence-corrected chi connectivity index (χ4v) is 3.06. The molecule has 2 rings (SSSR count). The summed E-state index contributed by atoms with van der Waals surface area (Å²) in [6, 6.07) is 14.2. The van der Waals surface area contributed by atoms with E-state index in [4.69, 9.17) is 0 Å². The van der Waals surface area contributed by atoms with Crippen LogP contribution in [0.25, 0.3) is 0 Å². The van der Waals surface area contributed by atoms with Gasteiger partial charge in [0.15, 0.2) is 5.96 Å². The van der Waals surface area contributed by atoms with Crippen molar-refractivity contribution in [3.8, 4) is 0 Å². The number of nitrogens with one attached hydrogen (secondary N) is 2. The van der Waals surface area contributed by atoms with Crippen LogP contribution in [0.3, 0.4) is 0 Å². The van der Waals surface area contributed by atoms with Crippen molar-refractivity contribution in [1.82, 2.24) is 10.6 Å². The van der Waals surface area contributed by atoms with E-state index < -0.39 is 6.10 Å². The van der Waals surface area contributed by atoms with Crippen molar-refractivity contribution in [2.24, 2.45) is 4.99 Å². The highest BCUT2D eigenvalue weighted by Crippen LogP contribution is 2.15. The molecule has 1 aromatic carbocycles. The maximum atomic E-state index is 10.2. The molecule has 1 unspecified atom stereocenters. The molecule has 0 aliphatic rings. The maximum absolute atomic E-state index is 10.2. The standard InChI is InChI=1S/C18H25N3OS/c1-3-19-18(21-13-17-10-9-14(2)23-17)20-12-16(22)11-15-7-5-4-6-8-15/h4-10,16,22H,3,11-13H2,1-2H3,(H2,19,20,21). The molecule has 0 aliphatic carbocycles. The minimum Gasteiger partial charge on any atom is -0.391 e. The molecule has 1 heterocycles. The summed E-state index contributed by atoms with van der Waals surface area (Å²) in [7, 11) is 0. The van der Waals surface area contributed by atoms with Gasteiger partial charge in [0.2, 0.25) is 0 Å². The number of benzene rings is 1. The Kier molecular flexibility index (Phi) is 7.10. The van der Waals surface area contributed by atoms with Crippen LogP contribution in [-0.2, 0) is 13.0 Å². The molecule has 0 radical (unpaired) electrons. The molecule has 3 N–H and O–H groups in total. The summed E-state index contributed by atoms with van der Waals surface area (Å²) in [5, 5.41) is 16.6. The van der Waals surface area contributed by atoms with Gasteiger partial charge in [-0.1, -0.05) is 30.3 Å². The second kappa shape index (κ2) is 9.33. The molecule has 23 heavy (non-hydrogen) atoms. The topological polar surface area (TPSA) is 56.7 Å². The van der Waals surface area contributed by atoms with Crippen LogP contribution >= 0.6 is 11.3 Å². The Hall–Kier alpha value is -1.85. The van der Waals surface area contributed by atoms with Gasteiger partial charge in [0, 0.05) is 29.3 Å². The van der Waals surface area contributed by atoms with Crippen molar-refractivity contribution in [2.75, 3.05) is 13.1 Å². The highest BCUT2D eigenvalue weighted by molar-refractivity contribution is 7.11. The van der Waals surface area contributed by atoms with E-state index in [1.165, 1.54) is 9.75 Å². The summed E-state index contributed by atoms with van der Waals surface area (Å²) in [5.41, 5.74) is 1.14. The van der Waals surface area contributed by atoms with Crippen LogP contribution in [0.1, 0.15) is 22.2 Å². The van der Waals surface area contributed by atoms with Crippen LogP contribution in [0.2, 0.25) is 0 Å². The van der Waals surface area contributed by atoms with Gasteiger partial charge in [0.1, 0.15) is 0 Å². The van der Waals surface area contributed by atoms with Crippen molar-refractivity contribution in [3.63, 3.8) is 0 Å². The zero-order valence-electron chi connectivity index (χ0n) is 13.7. The number of hydrogen-bond donors (Lipinski definition) is 3. The number of aliphatic hydroxyl groups excluding tert-OH is 1. The molecule has 0 saturated heterocycles. The Morgan fingerprint density at radius 3 is 2.61 bits per heavy atom. The van der Waals surface area contributed by atoms with Crippen molar-refractivity contribution in [2.45, 2.75) is 32.9 Å². The first-order valence-electron chi connectivity index (χ1n) is 7.97. The van der Waals surface area contributed by atoms with Gasteiger partial charge in [-0.25, -0.2) is 4.99 Å². The number of aliphatic imine (C=N–C) groups is 1. The predicted molar refractivity (Wildman–Crippen MR) is 98.0 cm³/mol. The van der Waals surface area contributed by atoms with E-state index in [1.54, 1.807) is 11.3 Å². The zero-order valence-corrected chi connectivity index (χ0v) is 14.6. The van der Waals surface area contributed by atoms with Crippen molar-refractivity contribution >= 4 is 17.3 Å². The number of rotatable bonds is 7. The van der Waals surface area contributed by atoms with Gasteiger partial charge in [-0.05, 0) is 31.5 Å². The van der Waals surface area contributed by atoms with Crippen LogP contribution in [-0.4, -0.2) is 30.3 Å². The minimum atomic E-state index is -0.440. The summed E-state index contributed by atoms with van der Waals surface area (Å²) in [6.45, 7) is 6.06. The highest BCUT2D eigenvalue weighted by Gasteiger charge is 2.07. The van der Waals surface area contributed by atoms with E-state index in [9.17, 15) is 5.11 Å². The van der Waals surface area contributed by atoms with E-state index in [0.717, 1.165) is 18.1 Å². The summed E-state index contributed by atoms with van der Waals surface area (Å²) in [4.78, 5) is 7.11. The Labute approximate surface area is 142 Å². The lowest BCUT2D eigenvalue weighted by molar-refractivity contribution is 0.177. The normalized spacial score (nSPS) is 12.9. The Morgan fingerprint density at radius 1 is 1.17 bits per heavy atom. The first-order chi connectivity index (χ1) is 11.2. The van der Waals surface area contributed by atoms with Crippen LogP contribution < -0.4 is 10.6 Å². The van der Waals surface area contributed by atoms with Gasteiger partial charge in [0.25, 0.3) is 0 Å². The third-order valence-electron chi connectivity index (χ3n) is 3.35. The predicted octanol–water partition coefficient (Wildman–Crippen LogP) is 2.72. The van der Waals surface area contributed by atoms with Gasteiger partial charge >= 0.3 is 0 Å². The van der Waals surface area contributed by atoms with Crippen LogP contribution in [0.5, 0.6) is 0 Å². The zero-order chi connectivity index (χ0) is 16.5. The van der Waals surface area contributed by atoms with Crippen LogP contribution in [0.4, 0.5) is 0 Å². The van der Waals surface area contributed by atoms with E-state index in [2.05, 4.69) is 34.7 Å². The van der Waals surface area contributed by atoms with Gasteiger partial charge in [-0.2, -0.15) is 0 Å². The quantitative estimate of drug-likeness (QED) is 0.540. The number of hydrogen-bond acceptors (Lipinski definition) is 3. The lowest BCUT2D eigenvalue weighted by Crippen LogP contribution is -2.41.